The van der Waals surface area contributed by atoms with Gasteiger partial charge in [0.15, 0.2) is 11.6 Å². The maximum atomic E-state index is 14.0. The van der Waals surface area contributed by atoms with Crippen molar-refractivity contribution in [3.63, 3.8) is 0 Å². The molecule has 232 valence electrons. The van der Waals surface area contributed by atoms with Gasteiger partial charge in [-0.05, 0) is 63.4 Å². The number of likely N-dealkylation sites (tertiary alicyclic amines) is 1. The smallest absolute Gasteiger partial charge is 0.160 e. The Morgan fingerprint density at radius 2 is 1.78 bits per heavy atom. The first kappa shape index (κ1) is 30.6. The molecule has 11 heteroatoms. The molecule has 2 aliphatic heterocycles. The lowest BCUT2D eigenvalue weighted by Gasteiger charge is -2.42. The number of pyridine rings is 1. The summed E-state index contributed by atoms with van der Waals surface area (Å²) in [5.41, 5.74) is 10.9. The highest BCUT2D eigenvalue weighted by Gasteiger charge is 2.32. The second-order valence-corrected chi connectivity index (χ2v) is 12.8. The number of benzene rings is 3. The molecule has 4 aromatic rings. The van der Waals surface area contributed by atoms with E-state index in [2.05, 4.69) is 81.7 Å². The Morgan fingerprint density at radius 1 is 1.02 bits per heavy atom. The zero-order valence-electron chi connectivity index (χ0n) is 25.3. The van der Waals surface area contributed by atoms with E-state index in [4.69, 9.17) is 11.6 Å². The number of fused-ring (bicyclic) bond motifs is 1. The maximum absolute atomic E-state index is 14.0. The molecule has 1 fully saturated rings. The Morgan fingerprint density at radius 3 is 2.47 bits per heavy atom. The van der Waals surface area contributed by atoms with Crippen molar-refractivity contribution in [2.24, 2.45) is 0 Å². The minimum absolute atomic E-state index is 0.153. The van der Waals surface area contributed by atoms with Crippen molar-refractivity contribution in [1.82, 2.24) is 25.9 Å². The van der Waals surface area contributed by atoms with E-state index in [9.17, 15) is 14.0 Å². The molecular weight excluding hydrogens is 594 g/mol. The summed E-state index contributed by atoms with van der Waals surface area (Å²) >= 11 is 6.76. The van der Waals surface area contributed by atoms with Gasteiger partial charge in [-0.25, -0.2) is 8.78 Å². The molecule has 4 N–H and O–H groups in total. The number of halogens is 3. The van der Waals surface area contributed by atoms with Gasteiger partial charge in [0.1, 0.15) is 6.07 Å². The number of hydrogen-bond donors (Lipinski definition) is 4. The number of anilines is 3. The third-order valence-corrected chi connectivity index (χ3v) is 8.69. The lowest BCUT2D eigenvalue weighted by molar-refractivity contribution is 0.0570. The SMILES string of the molecule is CC(C)(C)N1CCC(N2C=C([C@@H](Nc3cc(Cl)c4ncc(C#N)c(Nc5ccc(F)c(F)c5)c4c3)c3ccccc3)NN2)CC1. The zero-order chi connectivity index (χ0) is 31.7. The second kappa shape index (κ2) is 12.5. The van der Waals surface area contributed by atoms with Crippen LogP contribution in [0.25, 0.3) is 10.9 Å². The van der Waals surface area contributed by atoms with Crippen LogP contribution in [0.4, 0.5) is 25.8 Å². The van der Waals surface area contributed by atoms with E-state index in [-0.39, 0.29) is 22.8 Å². The molecule has 8 nitrogen and oxygen atoms in total. The van der Waals surface area contributed by atoms with E-state index < -0.39 is 11.6 Å². The van der Waals surface area contributed by atoms with Crippen LogP contribution in [-0.4, -0.2) is 39.6 Å². The van der Waals surface area contributed by atoms with Gasteiger partial charge in [0, 0.05) is 59.9 Å². The fraction of sp³-hybridized carbons (Fsp3) is 0.294. The maximum Gasteiger partial charge on any atom is 0.160 e. The van der Waals surface area contributed by atoms with Gasteiger partial charge in [0.05, 0.1) is 33.5 Å². The monoisotopic (exact) mass is 628 g/mol. The fourth-order valence-electron chi connectivity index (χ4n) is 5.94. The van der Waals surface area contributed by atoms with E-state index >= 15 is 0 Å². The molecule has 2 aliphatic rings. The molecule has 0 saturated carbocycles. The number of nitrogens with zero attached hydrogens (tertiary/aromatic N) is 4. The topological polar surface area (TPSA) is 91.3 Å². The van der Waals surface area contributed by atoms with Crippen molar-refractivity contribution in [2.75, 3.05) is 23.7 Å². The van der Waals surface area contributed by atoms with Crippen LogP contribution in [0, 0.1) is 23.0 Å². The number of rotatable bonds is 7. The summed E-state index contributed by atoms with van der Waals surface area (Å²) < 4.78 is 27.6. The molecule has 3 heterocycles. The highest BCUT2D eigenvalue weighted by atomic mass is 35.5. The van der Waals surface area contributed by atoms with Crippen LogP contribution >= 0.6 is 11.6 Å². The average molecular weight is 629 g/mol. The first-order valence-corrected chi connectivity index (χ1v) is 15.3. The molecule has 0 bridgehead atoms. The normalized spacial score (nSPS) is 16.6. The first-order chi connectivity index (χ1) is 21.6. The van der Waals surface area contributed by atoms with Crippen LogP contribution in [0.2, 0.25) is 5.02 Å². The third-order valence-electron chi connectivity index (χ3n) is 8.40. The summed E-state index contributed by atoms with van der Waals surface area (Å²) in [5, 5.41) is 19.7. The summed E-state index contributed by atoms with van der Waals surface area (Å²) in [6, 6.07) is 19.4. The Bertz CT molecular complexity index is 1780. The van der Waals surface area contributed by atoms with Crippen LogP contribution < -0.4 is 21.6 Å². The van der Waals surface area contributed by atoms with Gasteiger partial charge >= 0.3 is 0 Å². The van der Waals surface area contributed by atoms with Crippen LogP contribution in [0.3, 0.4) is 0 Å². The van der Waals surface area contributed by atoms with Gasteiger partial charge in [0.2, 0.25) is 0 Å². The Kier molecular flexibility index (Phi) is 8.51. The van der Waals surface area contributed by atoms with E-state index in [0.717, 1.165) is 49.3 Å². The van der Waals surface area contributed by atoms with E-state index in [0.29, 0.717) is 33.3 Å². The van der Waals surface area contributed by atoms with E-state index in [1.54, 1.807) is 6.07 Å². The minimum Gasteiger partial charge on any atom is -0.373 e. The lowest BCUT2D eigenvalue weighted by Crippen LogP contribution is -2.52. The minimum atomic E-state index is -0.997. The number of aromatic nitrogens is 1. The largest absolute Gasteiger partial charge is 0.373 e. The molecule has 1 saturated heterocycles. The van der Waals surface area contributed by atoms with E-state index in [1.807, 2.05) is 24.3 Å². The average Bonchev–Trinajstić information content (AvgIpc) is 3.52. The predicted octanol–water partition coefficient (Wildman–Crippen LogP) is 7.36. The van der Waals surface area contributed by atoms with Crippen LogP contribution in [0.1, 0.15) is 50.8 Å². The molecule has 3 aromatic carbocycles. The molecule has 0 unspecified atom stereocenters. The molecule has 45 heavy (non-hydrogen) atoms. The highest BCUT2D eigenvalue weighted by Crippen LogP contribution is 2.37. The summed E-state index contributed by atoms with van der Waals surface area (Å²) in [4.78, 5) is 6.95. The van der Waals surface area contributed by atoms with Crippen molar-refractivity contribution >= 4 is 39.6 Å². The molecule has 6 rings (SSSR count). The third kappa shape index (κ3) is 6.52. The molecule has 0 radical (unpaired) electrons. The number of nitrogens with one attached hydrogen (secondary N) is 4. The Balaban J connectivity index is 1.33. The van der Waals surface area contributed by atoms with Gasteiger partial charge < -0.3 is 16.1 Å². The first-order valence-electron chi connectivity index (χ1n) is 14.9. The number of hydrazine groups is 2. The zero-order valence-corrected chi connectivity index (χ0v) is 26.1. The van der Waals surface area contributed by atoms with Gasteiger partial charge in [-0.2, -0.15) is 5.26 Å². The summed E-state index contributed by atoms with van der Waals surface area (Å²) in [7, 11) is 0. The molecular formula is C34H35ClF2N8. The molecule has 1 atom stereocenters. The van der Waals surface area contributed by atoms with Crippen molar-refractivity contribution in [3.8, 4) is 6.07 Å². The van der Waals surface area contributed by atoms with Crippen molar-refractivity contribution in [1.29, 1.82) is 5.26 Å². The molecule has 0 spiro atoms. The number of piperidine rings is 1. The lowest BCUT2D eigenvalue weighted by atomic mass is 9.98. The van der Waals surface area contributed by atoms with E-state index in [1.165, 1.54) is 12.3 Å². The van der Waals surface area contributed by atoms with Gasteiger partial charge in [0.25, 0.3) is 0 Å². The van der Waals surface area contributed by atoms with Gasteiger partial charge in [-0.15, -0.1) is 5.53 Å². The molecule has 1 aromatic heterocycles. The van der Waals surface area contributed by atoms with Crippen LogP contribution in [-0.2, 0) is 0 Å². The van der Waals surface area contributed by atoms with Crippen LogP contribution in [0.15, 0.2) is 78.8 Å². The number of nitriles is 1. The van der Waals surface area contributed by atoms with Crippen molar-refractivity contribution in [2.45, 2.75) is 51.2 Å². The summed E-state index contributed by atoms with van der Waals surface area (Å²) in [6.07, 6.45) is 5.62. The highest BCUT2D eigenvalue weighted by molar-refractivity contribution is 6.36. The molecule has 0 aliphatic carbocycles. The predicted molar refractivity (Wildman–Crippen MR) is 174 cm³/mol. The van der Waals surface area contributed by atoms with Gasteiger partial charge in [-0.3, -0.25) is 14.9 Å². The fourth-order valence-corrected chi connectivity index (χ4v) is 6.20. The second-order valence-electron chi connectivity index (χ2n) is 12.4. The van der Waals surface area contributed by atoms with Gasteiger partial charge in [-0.1, -0.05) is 41.9 Å². The summed E-state index contributed by atoms with van der Waals surface area (Å²) in [6.45, 7) is 8.84. The summed E-state index contributed by atoms with van der Waals surface area (Å²) in [5.74, 6) is -1.96. The van der Waals surface area contributed by atoms with Crippen molar-refractivity contribution < 1.29 is 8.78 Å². The standard InChI is InChI=1S/C34H35ClF2N8/c1-34(2,3)44-13-11-25(12-14-44)45-20-30(42-43-45)32(21-7-5-4-6-8-21)41-24-15-26-31(40-23-9-10-28(36)29(37)17-23)22(18-38)19-39-33(26)27(35)16-24/h4-10,15-17,19-20,25,32,41-43H,11-14H2,1-3H3,(H,39,40)/t32-/m0/s1. The van der Waals surface area contributed by atoms with Crippen molar-refractivity contribution in [3.05, 3.63) is 107 Å². The Hall–Kier alpha value is -4.43. The quantitative estimate of drug-likeness (QED) is 0.169. The number of hydrogen-bond acceptors (Lipinski definition) is 8. The van der Waals surface area contributed by atoms with Crippen LogP contribution in [0.5, 0.6) is 0 Å². The Labute approximate surface area is 266 Å². The molecule has 0 amide bonds.